The second kappa shape index (κ2) is 22.9. The molecule has 0 radical (unpaired) electrons. The topological polar surface area (TPSA) is 193 Å². The van der Waals surface area contributed by atoms with E-state index in [0.717, 1.165) is 76.1 Å². The Bertz CT molecular complexity index is 1110. The molecule has 0 aliphatic heterocycles. The number of unbranched alkanes of at least 4 members (excludes halogenated alkanes) is 4. The molecule has 0 heterocycles. The van der Waals surface area contributed by atoms with Gasteiger partial charge >= 0.3 is 24.3 Å². The first-order valence-electron chi connectivity index (χ1n) is 14.6. The average Bonchev–Trinajstić information content (AvgIpc) is 2.97. The number of amidine groups is 2. The maximum absolute atomic E-state index is 10.6. The van der Waals surface area contributed by atoms with Gasteiger partial charge in [0.1, 0.15) is 11.5 Å². The number of carboxylic acids is 2. The number of hydrogen-bond acceptors (Lipinski definition) is 6. The molecule has 2 rings (SSSR count). The third-order valence-corrected chi connectivity index (χ3v) is 5.98. The molecule has 0 atom stereocenters. The van der Waals surface area contributed by atoms with Crippen molar-refractivity contribution in [3.63, 3.8) is 0 Å². The Balaban J connectivity index is 0.00000126. The Labute approximate surface area is 269 Å². The number of alkyl halides is 6. The molecule has 0 bridgehead atoms. The van der Waals surface area contributed by atoms with Crippen molar-refractivity contribution in [2.75, 3.05) is 13.2 Å². The minimum absolute atomic E-state index is 0.256. The molecule has 0 unspecified atom stereocenters. The van der Waals surface area contributed by atoms with Crippen LogP contribution in [-0.2, 0) is 22.4 Å². The highest BCUT2D eigenvalue weighted by molar-refractivity contribution is 5.77. The summed E-state index contributed by atoms with van der Waals surface area (Å²) in [6, 6.07) is 16.5. The number of benzene rings is 2. The van der Waals surface area contributed by atoms with E-state index in [1.54, 1.807) is 0 Å². The van der Waals surface area contributed by atoms with E-state index in [0.29, 0.717) is 12.8 Å². The molecule has 0 aromatic heterocycles. The second-order valence-electron chi connectivity index (χ2n) is 10.1. The summed E-state index contributed by atoms with van der Waals surface area (Å²) >= 11 is 0. The molecule has 10 nitrogen and oxygen atoms in total. The van der Waals surface area contributed by atoms with Gasteiger partial charge in [-0.15, -0.1) is 0 Å². The molecular weight excluding hydrogens is 638 g/mol. The number of nitrogens with one attached hydrogen (secondary N) is 2. The summed E-state index contributed by atoms with van der Waals surface area (Å²) in [6.45, 7) is 1.50. The average molecular weight is 681 g/mol. The predicted octanol–water partition coefficient (Wildman–Crippen LogP) is 6.88. The number of carbonyl (C=O) groups is 2. The van der Waals surface area contributed by atoms with Crippen molar-refractivity contribution in [3.8, 4) is 11.5 Å². The lowest BCUT2D eigenvalue weighted by Crippen LogP contribution is -2.21. The number of halogens is 6. The van der Waals surface area contributed by atoms with E-state index in [4.69, 9.17) is 51.6 Å². The fraction of sp³-hybridized carbons (Fsp3) is 0.484. The molecule has 0 spiro atoms. The zero-order valence-corrected chi connectivity index (χ0v) is 25.8. The Morgan fingerprint density at radius 1 is 0.574 bits per heavy atom. The molecule has 2 aromatic carbocycles. The summed E-state index contributed by atoms with van der Waals surface area (Å²) in [4.78, 5) is 17.8. The van der Waals surface area contributed by atoms with Crippen LogP contribution >= 0.6 is 0 Å². The lowest BCUT2D eigenvalue weighted by atomic mass is 10.1. The van der Waals surface area contributed by atoms with Crippen LogP contribution in [0, 0.1) is 10.8 Å². The monoisotopic (exact) mass is 680 g/mol. The summed E-state index contributed by atoms with van der Waals surface area (Å²) in [5.74, 6) is -3.16. The Morgan fingerprint density at radius 3 is 1.11 bits per heavy atom. The van der Waals surface area contributed by atoms with Crippen LogP contribution in [0.15, 0.2) is 48.5 Å². The summed E-state index contributed by atoms with van der Waals surface area (Å²) in [6.07, 6.45) is 0.495. The number of aliphatic carboxylic acids is 2. The first kappa shape index (κ1) is 42.5. The molecule has 0 saturated carbocycles. The van der Waals surface area contributed by atoms with Crippen molar-refractivity contribution < 1.29 is 55.6 Å². The lowest BCUT2D eigenvalue weighted by Gasteiger charge is -2.08. The summed E-state index contributed by atoms with van der Waals surface area (Å²) in [7, 11) is 0. The Kier molecular flexibility index (Phi) is 20.7. The summed E-state index contributed by atoms with van der Waals surface area (Å²) in [5.41, 5.74) is 13.3. The van der Waals surface area contributed by atoms with Crippen LogP contribution in [0.1, 0.15) is 68.9 Å². The lowest BCUT2D eigenvalue weighted by molar-refractivity contribution is -0.193. The third-order valence-electron chi connectivity index (χ3n) is 5.98. The molecule has 0 fully saturated rings. The molecule has 0 saturated heterocycles. The van der Waals surface area contributed by atoms with Gasteiger partial charge in [-0.3, -0.25) is 10.8 Å². The SMILES string of the molecule is N=C(N)CCCc1ccc(OCCCCCCCOc2ccc(CCCC(=N)N)cc2)cc1.O=C(O)C(F)(F)F.O=C(O)C(F)(F)F. The second-order valence-corrected chi connectivity index (χ2v) is 10.1. The van der Waals surface area contributed by atoms with E-state index in [1.165, 1.54) is 17.5 Å². The maximum Gasteiger partial charge on any atom is 0.490 e. The predicted molar refractivity (Wildman–Crippen MR) is 164 cm³/mol. The van der Waals surface area contributed by atoms with Gasteiger partial charge in [-0.25, -0.2) is 9.59 Å². The van der Waals surface area contributed by atoms with E-state index in [-0.39, 0.29) is 11.7 Å². The molecule has 0 aliphatic rings. The molecule has 8 N–H and O–H groups in total. The van der Waals surface area contributed by atoms with Crippen molar-refractivity contribution in [1.29, 1.82) is 10.8 Å². The van der Waals surface area contributed by atoms with E-state index < -0.39 is 24.3 Å². The van der Waals surface area contributed by atoms with Gasteiger partial charge in [0, 0.05) is 12.8 Å². The number of nitrogens with two attached hydrogens (primary N) is 2. The van der Waals surface area contributed by atoms with Gasteiger partial charge in [0.2, 0.25) is 0 Å². The maximum atomic E-state index is 10.6. The fourth-order valence-electron chi connectivity index (χ4n) is 3.59. The van der Waals surface area contributed by atoms with E-state index >= 15 is 0 Å². The Hall–Kier alpha value is -4.50. The zero-order valence-electron chi connectivity index (χ0n) is 25.8. The molecule has 264 valence electrons. The van der Waals surface area contributed by atoms with Crippen molar-refractivity contribution in [1.82, 2.24) is 0 Å². The van der Waals surface area contributed by atoms with Crippen molar-refractivity contribution in [3.05, 3.63) is 59.7 Å². The number of rotatable bonds is 18. The van der Waals surface area contributed by atoms with E-state index in [1.807, 2.05) is 24.3 Å². The van der Waals surface area contributed by atoms with Gasteiger partial charge in [-0.05, 0) is 73.9 Å². The fourth-order valence-corrected chi connectivity index (χ4v) is 3.59. The summed E-state index contributed by atoms with van der Waals surface area (Å²) < 4.78 is 75.2. The van der Waals surface area contributed by atoms with Gasteiger partial charge in [0.25, 0.3) is 0 Å². The quantitative estimate of drug-likeness (QED) is 0.0425. The third kappa shape index (κ3) is 24.4. The van der Waals surface area contributed by atoms with Crippen LogP contribution in [-0.4, -0.2) is 59.4 Å². The van der Waals surface area contributed by atoms with Crippen LogP contribution < -0.4 is 20.9 Å². The number of ether oxygens (including phenoxy) is 2. The minimum Gasteiger partial charge on any atom is -0.494 e. The van der Waals surface area contributed by atoms with Crippen molar-refractivity contribution >= 4 is 23.6 Å². The molecule has 0 amide bonds. The highest BCUT2D eigenvalue weighted by Gasteiger charge is 2.38. The van der Waals surface area contributed by atoms with Gasteiger partial charge in [-0.1, -0.05) is 43.5 Å². The number of hydrogen-bond donors (Lipinski definition) is 6. The highest BCUT2D eigenvalue weighted by atomic mass is 19.4. The van der Waals surface area contributed by atoms with Crippen LogP contribution in [0.2, 0.25) is 0 Å². The first-order valence-corrected chi connectivity index (χ1v) is 14.6. The molecule has 0 aliphatic carbocycles. The van der Waals surface area contributed by atoms with Crippen LogP contribution in [0.3, 0.4) is 0 Å². The molecule has 47 heavy (non-hydrogen) atoms. The van der Waals surface area contributed by atoms with Gasteiger partial charge in [0.05, 0.1) is 24.9 Å². The molecule has 2 aromatic rings. The smallest absolute Gasteiger partial charge is 0.490 e. The number of carboxylic acid groups (broad SMARTS) is 2. The van der Waals surface area contributed by atoms with Crippen LogP contribution in [0.4, 0.5) is 26.3 Å². The standard InChI is InChI=1S/C27H40N4O2.2C2HF3O2/c28-26(29)10-6-8-22-12-16-24(17-13-22)32-20-4-2-1-3-5-21-33-25-18-14-23(15-19-25)9-7-11-27(30)31;2*3-2(4,5)1(6)7/h12-19H,1-11,20-21H2,(H3,28,29)(H3,30,31);2*(H,6,7). The normalized spacial score (nSPS) is 10.9. The van der Waals surface area contributed by atoms with Gasteiger partial charge in [0.15, 0.2) is 0 Å². The summed E-state index contributed by atoms with van der Waals surface area (Å²) in [5, 5.41) is 28.8. The van der Waals surface area contributed by atoms with Crippen molar-refractivity contribution in [2.24, 2.45) is 11.5 Å². The highest BCUT2D eigenvalue weighted by Crippen LogP contribution is 2.17. The van der Waals surface area contributed by atoms with E-state index in [9.17, 15) is 26.3 Å². The minimum atomic E-state index is -5.08. The van der Waals surface area contributed by atoms with Crippen LogP contribution in [0.25, 0.3) is 0 Å². The van der Waals surface area contributed by atoms with Crippen LogP contribution in [0.5, 0.6) is 11.5 Å². The van der Waals surface area contributed by atoms with E-state index in [2.05, 4.69) is 24.3 Å². The van der Waals surface area contributed by atoms with Crippen molar-refractivity contribution in [2.45, 2.75) is 83.0 Å². The van der Waals surface area contributed by atoms with Gasteiger partial charge in [-0.2, -0.15) is 26.3 Å². The first-order chi connectivity index (χ1) is 21.9. The molecule has 16 heteroatoms. The zero-order chi connectivity index (χ0) is 35.9. The Morgan fingerprint density at radius 2 is 0.851 bits per heavy atom. The van der Waals surface area contributed by atoms with Gasteiger partial charge < -0.3 is 31.2 Å². The molecular formula is C31H42F6N4O6. The largest absolute Gasteiger partial charge is 0.494 e. The number of aryl methyl sites for hydroxylation is 2.